The second kappa shape index (κ2) is 7.17. The molecular weight excluding hydrogens is 270 g/mol. The number of nitrogens with zero attached hydrogens (tertiary/aromatic N) is 1. The fourth-order valence-corrected chi connectivity index (χ4v) is 2.71. The summed E-state index contributed by atoms with van der Waals surface area (Å²) in [4.78, 5) is 10.2. The van der Waals surface area contributed by atoms with Crippen molar-refractivity contribution in [3.05, 3.63) is 39.9 Å². The van der Waals surface area contributed by atoms with Crippen LogP contribution >= 0.6 is 0 Å². The van der Waals surface area contributed by atoms with Gasteiger partial charge in [-0.15, -0.1) is 0 Å². The lowest BCUT2D eigenvalue weighted by molar-refractivity contribution is -0.385. The average Bonchev–Trinajstić information content (AvgIpc) is 2.34. The molecule has 0 saturated heterocycles. The number of benzene rings is 1. The second-order valence-corrected chi connectivity index (χ2v) is 5.70. The van der Waals surface area contributed by atoms with Crippen LogP contribution in [-0.4, -0.2) is 33.0 Å². The van der Waals surface area contributed by atoms with Crippen LogP contribution < -0.4 is 10.0 Å². The largest absolute Gasteiger partial charge is 0.316 e. The molecule has 0 amide bonds. The van der Waals surface area contributed by atoms with Gasteiger partial charge in [0.2, 0.25) is 10.0 Å². The number of nitrogens with one attached hydrogen (secondary N) is 2. The van der Waals surface area contributed by atoms with Gasteiger partial charge in [0.15, 0.2) is 0 Å². The van der Waals surface area contributed by atoms with E-state index < -0.39 is 20.7 Å². The van der Waals surface area contributed by atoms with Crippen molar-refractivity contribution in [1.29, 1.82) is 0 Å². The third-order valence-electron chi connectivity index (χ3n) is 2.41. The van der Waals surface area contributed by atoms with Crippen molar-refractivity contribution >= 4 is 15.7 Å². The number of sulfonamides is 1. The van der Waals surface area contributed by atoms with E-state index >= 15 is 0 Å². The maximum atomic E-state index is 11.8. The summed E-state index contributed by atoms with van der Waals surface area (Å²) in [5, 5.41) is 13.8. The number of nitro benzene ring substituents is 1. The van der Waals surface area contributed by atoms with Crippen molar-refractivity contribution in [2.75, 3.05) is 19.6 Å². The number of nitro groups is 1. The van der Waals surface area contributed by atoms with E-state index in [2.05, 4.69) is 10.0 Å². The Morgan fingerprint density at radius 3 is 2.58 bits per heavy atom. The average molecular weight is 287 g/mol. The summed E-state index contributed by atoms with van der Waals surface area (Å²) in [6, 6.07) is 5.83. The molecule has 0 saturated carbocycles. The number of para-hydroxylation sites is 1. The van der Waals surface area contributed by atoms with Crippen molar-refractivity contribution in [3.8, 4) is 0 Å². The Morgan fingerprint density at radius 1 is 1.26 bits per heavy atom. The van der Waals surface area contributed by atoms with E-state index in [4.69, 9.17) is 0 Å². The minimum Gasteiger partial charge on any atom is -0.316 e. The highest BCUT2D eigenvalue weighted by molar-refractivity contribution is 7.88. The lowest BCUT2D eigenvalue weighted by Crippen LogP contribution is -2.32. The quantitative estimate of drug-likeness (QED) is 0.415. The van der Waals surface area contributed by atoms with Crippen LogP contribution in [0.15, 0.2) is 24.3 Å². The van der Waals surface area contributed by atoms with E-state index in [1.165, 1.54) is 18.2 Å². The normalized spacial score (nSPS) is 11.4. The first-order valence-electron chi connectivity index (χ1n) is 5.86. The first kappa shape index (κ1) is 15.5. The third-order valence-corrected chi connectivity index (χ3v) is 3.74. The summed E-state index contributed by atoms with van der Waals surface area (Å²) in [7, 11) is -3.57. The molecule has 0 heterocycles. The molecule has 0 aliphatic rings. The maximum Gasteiger partial charge on any atom is 0.273 e. The zero-order chi connectivity index (χ0) is 14.3. The Kier molecular flexibility index (Phi) is 5.87. The Balaban J connectivity index is 2.70. The van der Waals surface area contributed by atoms with Gasteiger partial charge in [0.1, 0.15) is 0 Å². The van der Waals surface area contributed by atoms with Crippen molar-refractivity contribution < 1.29 is 13.3 Å². The standard InChI is InChI=1S/C11H17N3O4S/c1-2-12-7-8-13-19(17,18)9-10-5-3-4-6-11(10)14(15)16/h3-6,12-13H,2,7-9H2,1H3. The van der Waals surface area contributed by atoms with Gasteiger partial charge in [-0.05, 0) is 6.54 Å². The first-order valence-corrected chi connectivity index (χ1v) is 7.52. The predicted molar refractivity (Wildman–Crippen MR) is 72.3 cm³/mol. The second-order valence-electron chi connectivity index (χ2n) is 3.89. The zero-order valence-electron chi connectivity index (χ0n) is 10.6. The maximum absolute atomic E-state index is 11.8. The van der Waals surface area contributed by atoms with Crippen LogP contribution in [0.4, 0.5) is 5.69 Å². The van der Waals surface area contributed by atoms with Crippen LogP contribution in [-0.2, 0) is 15.8 Å². The molecule has 0 aromatic heterocycles. The minimum absolute atomic E-state index is 0.181. The van der Waals surface area contributed by atoms with Gasteiger partial charge < -0.3 is 5.32 Å². The summed E-state index contributed by atoms with van der Waals surface area (Å²) >= 11 is 0. The summed E-state index contributed by atoms with van der Waals surface area (Å²) in [5.41, 5.74) is 0.00279. The summed E-state index contributed by atoms with van der Waals surface area (Å²) in [5.74, 6) is -0.393. The molecule has 7 nitrogen and oxygen atoms in total. The highest BCUT2D eigenvalue weighted by Crippen LogP contribution is 2.19. The van der Waals surface area contributed by atoms with E-state index in [0.717, 1.165) is 6.54 Å². The summed E-state index contributed by atoms with van der Waals surface area (Å²) < 4.78 is 25.9. The van der Waals surface area contributed by atoms with Gasteiger partial charge in [-0.3, -0.25) is 10.1 Å². The van der Waals surface area contributed by atoms with E-state index in [-0.39, 0.29) is 17.8 Å². The van der Waals surface area contributed by atoms with Crippen LogP contribution in [0.1, 0.15) is 12.5 Å². The molecule has 0 aliphatic heterocycles. The molecule has 0 aliphatic carbocycles. The Hall–Kier alpha value is -1.51. The highest BCUT2D eigenvalue weighted by atomic mass is 32.2. The van der Waals surface area contributed by atoms with Gasteiger partial charge in [0.05, 0.1) is 10.7 Å². The number of hydrogen-bond acceptors (Lipinski definition) is 5. The molecule has 1 aromatic rings. The number of rotatable bonds is 8. The molecular formula is C11H17N3O4S. The van der Waals surface area contributed by atoms with Crippen molar-refractivity contribution in [3.63, 3.8) is 0 Å². The fraction of sp³-hybridized carbons (Fsp3) is 0.455. The van der Waals surface area contributed by atoms with E-state index in [9.17, 15) is 18.5 Å². The smallest absolute Gasteiger partial charge is 0.273 e. The first-order chi connectivity index (χ1) is 8.96. The topological polar surface area (TPSA) is 101 Å². The molecule has 0 spiro atoms. The SMILES string of the molecule is CCNCCNS(=O)(=O)Cc1ccccc1[N+](=O)[O-]. The van der Waals surface area contributed by atoms with Gasteiger partial charge >= 0.3 is 0 Å². The zero-order valence-corrected chi connectivity index (χ0v) is 11.4. The molecule has 0 atom stereocenters. The molecule has 8 heteroatoms. The summed E-state index contributed by atoms with van der Waals surface area (Å²) in [6.07, 6.45) is 0. The van der Waals surface area contributed by atoms with E-state index in [0.29, 0.717) is 6.54 Å². The molecule has 1 aromatic carbocycles. The highest BCUT2D eigenvalue weighted by Gasteiger charge is 2.19. The molecule has 0 radical (unpaired) electrons. The molecule has 2 N–H and O–H groups in total. The Labute approximate surface area is 112 Å². The molecule has 0 unspecified atom stereocenters. The predicted octanol–water partition coefficient (Wildman–Crippen LogP) is 0.624. The third kappa shape index (κ3) is 5.33. The van der Waals surface area contributed by atoms with Crippen molar-refractivity contribution in [2.45, 2.75) is 12.7 Å². The number of hydrogen-bond donors (Lipinski definition) is 2. The van der Waals surface area contributed by atoms with E-state index in [1.807, 2.05) is 6.92 Å². The van der Waals surface area contributed by atoms with Crippen LogP contribution in [0.25, 0.3) is 0 Å². The summed E-state index contributed by atoms with van der Waals surface area (Å²) in [6.45, 7) is 3.46. The number of likely N-dealkylation sites (N-methyl/N-ethyl adjacent to an activating group) is 1. The fourth-order valence-electron chi connectivity index (χ4n) is 1.54. The van der Waals surface area contributed by atoms with Crippen LogP contribution in [0.5, 0.6) is 0 Å². The monoisotopic (exact) mass is 287 g/mol. The lowest BCUT2D eigenvalue weighted by Gasteiger charge is -2.07. The molecule has 19 heavy (non-hydrogen) atoms. The van der Waals surface area contributed by atoms with Gasteiger partial charge in [-0.25, -0.2) is 13.1 Å². The Morgan fingerprint density at radius 2 is 1.95 bits per heavy atom. The minimum atomic E-state index is -3.57. The van der Waals surface area contributed by atoms with Gasteiger partial charge in [-0.1, -0.05) is 25.1 Å². The molecule has 106 valence electrons. The van der Waals surface area contributed by atoms with Crippen LogP contribution in [0.2, 0.25) is 0 Å². The molecule has 0 bridgehead atoms. The van der Waals surface area contributed by atoms with Crippen LogP contribution in [0, 0.1) is 10.1 Å². The lowest BCUT2D eigenvalue weighted by atomic mass is 10.2. The van der Waals surface area contributed by atoms with Crippen molar-refractivity contribution in [1.82, 2.24) is 10.0 Å². The van der Waals surface area contributed by atoms with Crippen LogP contribution in [0.3, 0.4) is 0 Å². The molecule has 0 fully saturated rings. The van der Waals surface area contributed by atoms with Gasteiger partial charge in [0, 0.05) is 24.7 Å². The van der Waals surface area contributed by atoms with E-state index in [1.54, 1.807) is 6.07 Å². The Bertz CT molecular complexity index is 530. The van der Waals surface area contributed by atoms with Gasteiger partial charge in [-0.2, -0.15) is 0 Å². The molecule has 1 rings (SSSR count). The van der Waals surface area contributed by atoms with Crippen molar-refractivity contribution in [2.24, 2.45) is 0 Å². The van der Waals surface area contributed by atoms with Gasteiger partial charge in [0.25, 0.3) is 5.69 Å².